The molecule has 1 aromatic carbocycles. The first kappa shape index (κ1) is 14.6. The SMILES string of the molecule is CCC(Oc1ccccc1)C(=O)NC(C)C(C)C. The van der Waals surface area contributed by atoms with Gasteiger partial charge in [-0.05, 0) is 31.4 Å². The summed E-state index contributed by atoms with van der Waals surface area (Å²) in [5.41, 5.74) is 0. The number of rotatable bonds is 6. The first-order valence-corrected chi connectivity index (χ1v) is 6.56. The lowest BCUT2D eigenvalue weighted by Gasteiger charge is -2.22. The van der Waals surface area contributed by atoms with Gasteiger partial charge in [0.2, 0.25) is 0 Å². The fourth-order valence-corrected chi connectivity index (χ4v) is 1.47. The predicted octanol–water partition coefficient (Wildman–Crippen LogP) is 3.00. The number of carbonyl (C=O) groups excluding carboxylic acids is 1. The van der Waals surface area contributed by atoms with Crippen molar-refractivity contribution in [1.82, 2.24) is 5.32 Å². The Balaban J connectivity index is 2.58. The first-order valence-electron chi connectivity index (χ1n) is 6.56. The lowest BCUT2D eigenvalue weighted by molar-refractivity contribution is -0.129. The quantitative estimate of drug-likeness (QED) is 0.841. The third-order valence-electron chi connectivity index (χ3n) is 3.05. The Labute approximate surface area is 110 Å². The van der Waals surface area contributed by atoms with Crippen molar-refractivity contribution in [3.05, 3.63) is 30.3 Å². The standard InChI is InChI=1S/C15H23NO2/c1-5-14(15(17)16-12(4)11(2)3)18-13-9-7-6-8-10-13/h6-12,14H,5H2,1-4H3,(H,16,17). The summed E-state index contributed by atoms with van der Waals surface area (Å²) >= 11 is 0. The zero-order chi connectivity index (χ0) is 13.5. The van der Waals surface area contributed by atoms with Crippen LogP contribution in [0.15, 0.2) is 30.3 Å². The molecule has 0 aliphatic rings. The van der Waals surface area contributed by atoms with Crippen LogP contribution in [-0.2, 0) is 4.79 Å². The maximum atomic E-state index is 12.1. The molecule has 0 fully saturated rings. The third kappa shape index (κ3) is 4.40. The fraction of sp³-hybridized carbons (Fsp3) is 0.533. The molecule has 1 amide bonds. The van der Waals surface area contributed by atoms with E-state index in [4.69, 9.17) is 4.74 Å². The zero-order valence-electron chi connectivity index (χ0n) is 11.6. The van der Waals surface area contributed by atoms with Gasteiger partial charge in [-0.2, -0.15) is 0 Å². The van der Waals surface area contributed by atoms with E-state index in [0.29, 0.717) is 12.3 Å². The number of hydrogen-bond acceptors (Lipinski definition) is 2. The first-order chi connectivity index (χ1) is 8.54. The van der Waals surface area contributed by atoms with Gasteiger partial charge < -0.3 is 10.1 Å². The molecule has 2 atom stereocenters. The molecule has 0 spiro atoms. The van der Waals surface area contributed by atoms with Gasteiger partial charge in [-0.15, -0.1) is 0 Å². The van der Waals surface area contributed by atoms with Gasteiger partial charge in [0, 0.05) is 6.04 Å². The van der Waals surface area contributed by atoms with Crippen molar-refractivity contribution in [2.24, 2.45) is 5.92 Å². The number of hydrogen-bond donors (Lipinski definition) is 1. The monoisotopic (exact) mass is 249 g/mol. The number of benzene rings is 1. The highest BCUT2D eigenvalue weighted by atomic mass is 16.5. The van der Waals surface area contributed by atoms with E-state index in [2.05, 4.69) is 19.2 Å². The number of carbonyl (C=O) groups is 1. The Morgan fingerprint density at radius 2 is 1.83 bits per heavy atom. The van der Waals surface area contributed by atoms with E-state index >= 15 is 0 Å². The van der Waals surface area contributed by atoms with E-state index in [9.17, 15) is 4.79 Å². The minimum Gasteiger partial charge on any atom is -0.481 e. The van der Waals surface area contributed by atoms with Crippen LogP contribution in [0.3, 0.4) is 0 Å². The van der Waals surface area contributed by atoms with Gasteiger partial charge in [0.1, 0.15) is 5.75 Å². The summed E-state index contributed by atoms with van der Waals surface area (Å²) in [6.07, 6.45) is 0.236. The lowest BCUT2D eigenvalue weighted by atomic mass is 10.1. The van der Waals surface area contributed by atoms with Crippen molar-refractivity contribution in [2.45, 2.75) is 46.3 Å². The summed E-state index contributed by atoms with van der Waals surface area (Å²) in [4.78, 5) is 12.1. The molecule has 0 aliphatic carbocycles. The molecule has 0 aliphatic heterocycles. The molecule has 2 unspecified atom stereocenters. The smallest absolute Gasteiger partial charge is 0.261 e. The summed E-state index contributed by atoms with van der Waals surface area (Å²) in [7, 11) is 0. The molecule has 0 heterocycles. The predicted molar refractivity (Wildman–Crippen MR) is 73.6 cm³/mol. The van der Waals surface area contributed by atoms with Crippen LogP contribution in [0.2, 0.25) is 0 Å². The maximum absolute atomic E-state index is 12.1. The summed E-state index contributed by atoms with van der Waals surface area (Å²) in [5, 5.41) is 2.99. The highest BCUT2D eigenvalue weighted by molar-refractivity contribution is 5.81. The fourth-order valence-electron chi connectivity index (χ4n) is 1.47. The van der Waals surface area contributed by atoms with Crippen LogP contribution in [0.5, 0.6) is 5.75 Å². The average molecular weight is 249 g/mol. The Bertz CT molecular complexity index is 362. The van der Waals surface area contributed by atoms with Crippen molar-refractivity contribution in [2.75, 3.05) is 0 Å². The van der Waals surface area contributed by atoms with E-state index in [1.54, 1.807) is 0 Å². The molecular weight excluding hydrogens is 226 g/mol. The molecule has 0 bridgehead atoms. The van der Waals surface area contributed by atoms with Crippen LogP contribution >= 0.6 is 0 Å². The van der Waals surface area contributed by atoms with Gasteiger partial charge in [-0.25, -0.2) is 0 Å². The molecular formula is C15H23NO2. The highest BCUT2D eigenvalue weighted by Gasteiger charge is 2.20. The number of para-hydroxylation sites is 1. The topological polar surface area (TPSA) is 38.3 Å². The van der Waals surface area contributed by atoms with Crippen LogP contribution < -0.4 is 10.1 Å². The summed E-state index contributed by atoms with van der Waals surface area (Å²) < 4.78 is 5.69. The number of amides is 1. The second kappa shape index (κ2) is 7.04. The normalized spacial score (nSPS) is 14.1. The van der Waals surface area contributed by atoms with E-state index in [1.807, 2.05) is 44.2 Å². The Hall–Kier alpha value is -1.51. The highest BCUT2D eigenvalue weighted by Crippen LogP contribution is 2.13. The van der Waals surface area contributed by atoms with Crippen LogP contribution in [0.1, 0.15) is 34.1 Å². The van der Waals surface area contributed by atoms with Crippen LogP contribution in [0, 0.1) is 5.92 Å². The van der Waals surface area contributed by atoms with Crippen molar-refractivity contribution in [1.29, 1.82) is 0 Å². The van der Waals surface area contributed by atoms with E-state index in [-0.39, 0.29) is 11.9 Å². The molecule has 0 aromatic heterocycles. The minimum atomic E-state index is -0.423. The molecule has 3 nitrogen and oxygen atoms in total. The van der Waals surface area contributed by atoms with Crippen LogP contribution in [0.25, 0.3) is 0 Å². The molecule has 0 saturated heterocycles. The van der Waals surface area contributed by atoms with Gasteiger partial charge >= 0.3 is 0 Å². The Morgan fingerprint density at radius 3 is 2.33 bits per heavy atom. The summed E-state index contributed by atoms with van der Waals surface area (Å²) in [6.45, 7) is 8.14. The van der Waals surface area contributed by atoms with Gasteiger partial charge in [-0.3, -0.25) is 4.79 Å². The second-order valence-corrected chi connectivity index (χ2v) is 4.87. The van der Waals surface area contributed by atoms with Gasteiger partial charge in [0.15, 0.2) is 6.10 Å². The van der Waals surface area contributed by atoms with Crippen LogP contribution in [0.4, 0.5) is 0 Å². The molecule has 3 heteroatoms. The second-order valence-electron chi connectivity index (χ2n) is 4.87. The molecule has 1 aromatic rings. The maximum Gasteiger partial charge on any atom is 0.261 e. The lowest BCUT2D eigenvalue weighted by Crippen LogP contribution is -2.44. The number of ether oxygens (including phenoxy) is 1. The average Bonchev–Trinajstić information content (AvgIpc) is 2.36. The molecule has 18 heavy (non-hydrogen) atoms. The summed E-state index contributed by atoms with van der Waals surface area (Å²) in [5.74, 6) is 1.11. The van der Waals surface area contributed by atoms with E-state index < -0.39 is 6.10 Å². The van der Waals surface area contributed by atoms with Crippen molar-refractivity contribution >= 4 is 5.91 Å². The number of nitrogens with one attached hydrogen (secondary N) is 1. The van der Waals surface area contributed by atoms with E-state index in [0.717, 1.165) is 5.75 Å². The van der Waals surface area contributed by atoms with Gasteiger partial charge in [0.25, 0.3) is 5.91 Å². The Kier molecular flexibility index (Phi) is 5.69. The zero-order valence-corrected chi connectivity index (χ0v) is 11.6. The summed E-state index contributed by atoms with van der Waals surface area (Å²) in [6, 6.07) is 9.61. The molecule has 100 valence electrons. The van der Waals surface area contributed by atoms with E-state index in [1.165, 1.54) is 0 Å². The molecule has 0 saturated carbocycles. The molecule has 0 radical (unpaired) electrons. The molecule has 1 N–H and O–H groups in total. The van der Waals surface area contributed by atoms with Gasteiger partial charge in [0.05, 0.1) is 0 Å². The Morgan fingerprint density at radius 1 is 1.22 bits per heavy atom. The minimum absolute atomic E-state index is 0.0393. The van der Waals surface area contributed by atoms with Crippen molar-refractivity contribution < 1.29 is 9.53 Å². The third-order valence-corrected chi connectivity index (χ3v) is 3.05. The van der Waals surface area contributed by atoms with Crippen molar-refractivity contribution in [3.8, 4) is 5.75 Å². The van der Waals surface area contributed by atoms with Crippen LogP contribution in [-0.4, -0.2) is 18.1 Å². The largest absolute Gasteiger partial charge is 0.481 e. The molecule has 1 rings (SSSR count). The van der Waals surface area contributed by atoms with Gasteiger partial charge in [-0.1, -0.05) is 39.0 Å². The van der Waals surface area contributed by atoms with Crippen molar-refractivity contribution in [3.63, 3.8) is 0 Å².